The van der Waals surface area contributed by atoms with E-state index in [1.165, 1.54) is 24.3 Å². The minimum absolute atomic E-state index is 0.199. The Bertz CT molecular complexity index is 837. The number of phenolic OH excluding ortho intramolecular Hbond substituents is 2. The maximum atomic E-state index is 13.6. The molecule has 23 heavy (non-hydrogen) atoms. The first-order valence-electron chi connectivity index (χ1n) is 6.97. The molecule has 0 fully saturated rings. The summed E-state index contributed by atoms with van der Waals surface area (Å²) in [6, 6.07) is 5.36. The van der Waals surface area contributed by atoms with Gasteiger partial charge in [0.05, 0.1) is 5.92 Å². The van der Waals surface area contributed by atoms with Crippen LogP contribution in [-0.4, -0.2) is 33.4 Å². The van der Waals surface area contributed by atoms with Gasteiger partial charge in [0, 0.05) is 28.9 Å². The molecule has 2 aliphatic rings. The predicted molar refractivity (Wildman–Crippen MR) is 77.5 cm³/mol. The topological polar surface area (TPSA) is 99.0 Å². The number of halogens is 1. The van der Waals surface area contributed by atoms with E-state index in [-0.39, 0.29) is 17.2 Å². The van der Waals surface area contributed by atoms with Crippen LogP contribution in [0.5, 0.6) is 17.2 Å². The summed E-state index contributed by atoms with van der Waals surface area (Å²) < 4.78 is 19.3. The smallest absolute Gasteiger partial charge is 0.330 e. The molecule has 2 aromatic carbocycles. The van der Waals surface area contributed by atoms with Gasteiger partial charge < -0.3 is 25.4 Å². The largest absolute Gasteiger partial charge is 0.508 e. The van der Waals surface area contributed by atoms with E-state index in [1.807, 2.05) is 0 Å². The van der Waals surface area contributed by atoms with E-state index < -0.39 is 29.9 Å². The Morgan fingerprint density at radius 2 is 2.00 bits per heavy atom. The molecule has 2 heterocycles. The highest BCUT2D eigenvalue weighted by molar-refractivity contribution is 5.83. The van der Waals surface area contributed by atoms with Crippen molar-refractivity contribution in [3.05, 3.63) is 47.3 Å². The predicted octanol–water partition coefficient (Wildman–Crippen LogP) is 2.01. The van der Waals surface area contributed by atoms with Gasteiger partial charge in [-0.25, -0.2) is 9.18 Å². The van der Waals surface area contributed by atoms with Gasteiger partial charge in [0.2, 0.25) is 0 Å². The molecule has 0 bridgehead atoms. The summed E-state index contributed by atoms with van der Waals surface area (Å²) in [7, 11) is 0. The number of benzene rings is 2. The molecule has 0 saturated carbocycles. The lowest BCUT2D eigenvalue weighted by Crippen LogP contribution is -2.48. The number of fused-ring (bicyclic) bond motifs is 5. The number of rotatable bonds is 1. The second-order valence-electron chi connectivity index (χ2n) is 5.63. The first-order chi connectivity index (χ1) is 11.0. The maximum absolute atomic E-state index is 13.6. The first kappa shape index (κ1) is 13.7. The summed E-state index contributed by atoms with van der Waals surface area (Å²) in [6.45, 7) is 0. The molecule has 4 N–H and O–H groups in total. The Morgan fingerprint density at radius 3 is 2.74 bits per heavy atom. The van der Waals surface area contributed by atoms with Crippen molar-refractivity contribution < 1.29 is 29.2 Å². The molecule has 0 saturated heterocycles. The van der Waals surface area contributed by atoms with Crippen molar-refractivity contribution in [2.75, 3.05) is 5.32 Å². The third-order valence-electron chi connectivity index (χ3n) is 4.26. The standard InChI is InChI=1S/C16H12FNO5/c17-6-1-2-11-8(3-6)12-13-9(4-7(19)5-10(13)20)18-14(16(21)22)15(12)23-11/h1-5,12,14-15,18-20H,(H,21,22). The normalized spacial score (nSPS) is 24.0. The fraction of sp³-hybridized carbons (Fsp3) is 0.188. The van der Waals surface area contributed by atoms with Gasteiger partial charge in [-0.2, -0.15) is 0 Å². The maximum Gasteiger partial charge on any atom is 0.330 e. The minimum Gasteiger partial charge on any atom is -0.508 e. The highest BCUT2D eigenvalue weighted by Gasteiger charge is 2.49. The molecule has 7 heteroatoms. The van der Waals surface area contributed by atoms with Crippen LogP contribution in [0.4, 0.5) is 10.1 Å². The number of carboxylic acids is 1. The van der Waals surface area contributed by atoms with Crippen molar-refractivity contribution >= 4 is 11.7 Å². The quantitative estimate of drug-likeness (QED) is 0.642. The minimum atomic E-state index is -1.14. The Kier molecular flexibility index (Phi) is 2.69. The van der Waals surface area contributed by atoms with Crippen molar-refractivity contribution in [1.29, 1.82) is 0 Å². The zero-order valence-corrected chi connectivity index (χ0v) is 11.7. The number of hydrogen-bond acceptors (Lipinski definition) is 5. The molecule has 0 aliphatic carbocycles. The van der Waals surface area contributed by atoms with E-state index in [1.54, 1.807) is 0 Å². The van der Waals surface area contributed by atoms with Crippen molar-refractivity contribution in [2.45, 2.75) is 18.1 Å². The van der Waals surface area contributed by atoms with Crippen molar-refractivity contribution in [3.8, 4) is 17.2 Å². The monoisotopic (exact) mass is 317 g/mol. The number of aliphatic carboxylic acids is 1. The van der Waals surface area contributed by atoms with Crippen LogP contribution in [0.1, 0.15) is 17.0 Å². The van der Waals surface area contributed by atoms with Gasteiger partial charge >= 0.3 is 5.97 Å². The molecular weight excluding hydrogens is 305 g/mol. The van der Waals surface area contributed by atoms with Crippen LogP contribution >= 0.6 is 0 Å². The Balaban J connectivity index is 1.97. The number of nitrogens with one attached hydrogen (secondary N) is 1. The number of hydrogen-bond donors (Lipinski definition) is 4. The molecule has 3 unspecified atom stereocenters. The van der Waals surface area contributed by atoms with Crippen LogP contribution < -0.4 is 10.1 Å². The molecule has 2 aliphatic heterocycles. The van der Waals surface area contributed by atoms with E-state index in [4.69, 9.17) is 4.74 Å². The third-order valence-corrected chi connectivity index (χ3v) is 4.26. The number of phenols is 2. The van der Waals surface area contributed by atoms with Crippen molar-refractivity contribution in [1.82, 2.24) is 0 Å². The highest BCUT2D eigenvalue weighted by Crippen LogP contribution is 2.52. The fourth-order valence-corrected chi connectivity index (χ4v) is 3.36. The van der Waals surface area contributed by atoms with Gasteiger partial charge in [0.15, 0.2) is 6.04 Å². The number of carboxylic acid groups (broad SMARTS) is 1. The van der Waals surface area contributed by atoms with Crippen molar-refractivity contribution in [3.63, 3.8) is 0 Å². The van der Waals surface area contributed by atoms with E-state index >= 15 is 0 Å². The second-order valence-corrected chi connectivity index (χ2v) is 5.63. The van der Waals surface area contributed by atoms with E-state index in [9.17, 15) is 24.5 Å². The number of anilines is 1. The lowest BCUT2D eigenvalue weighted by molar-refractivity contribution is -0.140. The Hall–Kier alpha value is -2.96. The van der Waals surface area contributed by atoms with E-state index in [0.717, 1.165) is 6.07 Å². The van der Waals surface area contributed by atoms with Crippen LogP contribution in [0.15, 0.2) is 30.3 Å². The van der Waals surface area contributed by atoms with Gasteiger partial charge in [0.25, 0.3) is 0 Å². The van der Waals surface area contributed by atoms with Gasteiger partial charge in [0.1, 0.15) is 29.2 Å². The Morgan fingerprint density at radius 1 is 1.22 bits per heavy atom. The second kappa shape index (κ2) is 4.52. The van der Waals surface area contributed by atoms with Crippen LogP contribution in [0.3, 0.4) is 0 Å². The molecule has 0 spiro atoms. The fourth-order valence-electron chi connectivity index (χ4n) is 3.36. The summed E-state index contributed by atoms with van der Waals surface area (Å²) in [6.07, 6.45) is -0.827. The SMILES string of the molecule is O=C(O)C1Nc2cc(O)cc(O)c2C2c3cc(F)ccc3OC12. The van der Waals surface area contributed by atoms with Crippen LogP contribution in [0.2, 0.25) is 0 Å². The summed E-state index contributed by atoms with van der Waals surface area (Å²) in [5.41, 5.74) is 1.15. The van der Waals surface area contributed by atoms with E-state index in [0.29, 0.717) is 16.9 Å². The molecule has 0 aromatic heterocycles. The van der Waals surface area contributed by atoms with Crippen LogP contribution in [-0.2, 0) is 4.79 Å². The highest BCUT2D eigenvalue weighted by atomic mass is 19.1. The Labute approximate surface area is 129 Å². The van der Waals surface area contributed by atoms with Crippen molar-refractivity contribution in [2.24, 2.45) is 0 Å². The van der Waals surface area contributed by atoms with Gasteiger partial charge in [-0.1, -0.05) is 0 Å². The van der Waals surface area contributed by atoms with Crippen LogP contribution in [0.25, 0.3) is 0 Å². The van der Waals surface area contributed by atoms with E-state index in [2.05, 4.69) is 5.32 Å². The molecular formula is C16H12FNO5. The lowest BCUT2D eigenvalue weighted by Gasteiger charge is -2.34. The molecule has 3 atom stereocenters. The summed E-state index contributed by atoms with van der Waals surface area (Å²) in [4.78, 5) is 11.6. The number of carbonyl (C=O) groups is 1. The summed E-state index contributed by atoms with van der Waals surface area (Å²) in [5.74, 6) is -2.27. The number of ether oxygens (including phenoxy) is 1. The molecule has 2 aromatic rings. The van der Waals surface area contributed by atoms with Gasteiger partial charge in [-0.15, -0.1) is 0 Å². The molecule has 0 amide bonds. The zero-order valence-electron chi connectivity index (χ0n) is 11.7. The van der Waals surface area contributed by atoms with Crippen LogP contribution in [0, 0.1) is 5.82 Å². The molecule has 118 valence electrons. The summed E-state index contributed by atoms with van der Waals surface area (Å²) >= 11 is 0. The van der Waals surface area contributed by atoms with Gasteiger partial charge in [-0.3, -0.25) is 0 Å². The first-order valence-corrected chi connectivity index (χ1v) is 6.97. The lowest BCUT2D eigenvalue weighted by atomic mass is 9.80. The average molecular weight is 317 g/mol. The zero-order chi connectivity index (χ0) is 16.3. The van der Waals surface area contributed by atoms with Gasteiger partial charge in [-0.05, 0) is 18.2 Å². The number of aromatic hydroxyl groups is 2. The third kappa shape index (κ3) is 1.89. The summed E-state index contributed by atoms with van der Waals surface area (Å²) in [5, 5.41) is 32.0. The molecule has 0 radical (unpaired) electrons. The molecule has 4 rings (SSSR count). The average Bonchev–Trinajstić information content (AvgIpc) is 2.84. The molecule has 6 nitrogen and oxygen atoms in total.